The summed E-state index contributed by atoms with van der Waals surface area (Å²) >= 11 is 0. The van der Waals surface area contributed by atoms with Gasteiger partial charge in [-0.1, -0.05) is 88.7 Å². The van der Waals surface area contributed by atoms with Gasteiger partial charge in [-0.25, -0.2) is 0 Å². The molecule has 1 aromatic heterocycles. The van der Waals surface area contributed by atoms with Crippen molar-refractivity contribution >= 4 is 17.2 Å². The molecule has 3 aromatic rings. The minimum atomic E-state index is -0.113. The highest BCUT2D eigenvalue weighted by molar-refractivity contribution is 6.05. The average molecular weight is 535 g/mol. The van der Waals surface area contributed by atoms with Crippen molar-refractivity contribution in [1.82, 2.24) is 5.16 Å². The molecule has 6 rings (SSSR count). The van der Waals surface area contributed by atoms with Gasteiger partial charge in [-0.05, 0) is 70.9 Å². The molecule has 2 unspecified atom stereocenters. The van der Waals surface area contributed by atoms with Gasteiger partial charge in [0.25, 0.3) is 0 Å². The fraction of sp³-hybridized carbons (Fsp3) is 0.472. The molecule has 2 aromatic carbocycles. The minimum absolute atomic E-state index is 0.113. The van der Waals surface area contributed by atoms with Crippen molar-refractivity contribution in [3.63, 3.8) is 0 Å². The topological polar surface area (TPSA) is 55.5 Å². The molecule has 1 aliphatic heterocycles. The van der Waals surface area contributed by atoms with Gasteiger partial charge in [0.05, 0.1) is 17.8 Å². The highest BCUT2D eigenvalue weighted by Gasteiger charge is 2.42. The van der Waals surface area contributed by atoms with Crippen LogP contribution in [-0.4, -0.2) is 16.7 Å². The SMILES string of the molecule is CCCC1(CC(C)c2ccc3c(c2)CC2=NC(c4ccc(CC(=O)Cc5cc(C(C)(C)C)on5)cc4)=CC23)CC1. The first-order chi connectivity index (χ1) is 19.1. The fourth-order valence-electron chi connectivity index (χ4n) is 6.74. The molecular weight excluding hydrogens is 492 g/mol. The maximum atomic E-state index is 12.7. The maximum absolute atomic E-state index is 12.7. The molecule has 40 heavy (non-hydrogen) atoms. The van der Waals surface area contributed by atoms with Gasteiger partial charge in [0, 0.05) is 36.0 Å². The number of rotatable bonds is 10. The zero-order valence-corrected chi connectivity index (χ0v) is 24.7. The Morgan fingerprint density at radius 2 is 1.85 bits per heavy atom. The van der Waals surface area contributed by atoms with Crippen LogP contribution in [0.5, 0.6) is 0 Å². The van der Waals surface area contributed by atoms with E-state index in [1.165, 1.54) is 54.5 Å². The Kier molecular flexibility index (Phi) is 6.92. The van der Waals surface area contributed by atoms with E-state index in [-0.39, 0.29) is 11.2 Å². The van der Waals surface area contributed by atoms with Crippen LogP contribution < -0.4 is 0 Å². The summed E-state index contributed by atoms with van der Waals surface area (Å²) in [4.78, 5) is 17.7. The predicted molar refractivity (Wildman–Crippen MR) is 162 cm³/mol. The first-order valence-electron chi connectivity index (χ1n) is 15.1. The van der Waals surface area contributed by atoms with Crippen molar-refractivity contribution in [2.75, 3.05) is 0 Å². The van der Waals surface area contributed by atoms with Crippen LogP contribution in [0.25, 0.3) is 5.70 Å². The number of ketones is 1. The third-order valence-corrected chi connectivity index (χ3v) is 9.19. The minimum Gasteiger partial charge on any atom is -0.361 e. The normalized spacial score (nSPS) is 19.6. The molecule has 1 fully saturated rings. The number of aliphatic imine (C=N–C) groups is 1. The third kappa shape index (κ3) is 5.50. The van der Waals surface area contributed by atoms with E-state index < -0.39 is 0 Å². The van der Waals surface area contributed by atoms with Crippen molar-refractivity contribution < 1.29 is 9.32 Å². The summed E-state index contributed by atoms with van der Waals surface area (Å²) in [6.07, 6.45) is 10.8. The Morgan fingerprint density at radius 3 is 2.52 bits per heavy atom. The first-order valence-corrected chi connectivity index (χ1v) is 15.1. The summed E-state index contributed by atoms with van der Waals surface area (Å²) in [5.41, 5.74) is 10.0. The van der Waals surface area contributed by atoms with E-state index in [0.717, 1.165) is 29.0 Å². The number of carbonyl (C=O) groups excluding carboxylic acids is 1. The zero-order chi connectivity index (χ0) is 28.1. The predicted octanol–water partition coefficient (Wildman–Crippen LogP) is 8.54. The van der Waals surface area contributed by atoms with Crippen LogP contribution in [0, 0.1) is 5.41 Å². The van der Waals surface area contributed by atoms with Crippen LogP contribution in [0.4, 0.5) is 0 Å². The molecule has 0 radical (unpaired) electrons. The summed E-state index contributed by atoms with van der Waals surface area (Å²) in [6, 6.07) is 17.4. The van der Waals surface area contributed by atoms with E-state index >= 15 is 0 Å². The standard InChI is InChI=1S/C36H42N2O2/c1-6-13-36(14-15-36)22-23(2)26-11-12-30-27(17-26)18-33-31(30)21-32(37-33)25-9-7-24(8-10-25)16-29(39)19-28-20-34(40-38-28)35(3,4)5/h7-12,17,20-21,23,31H,6,13-16,18-19,22H2,1-5H3. The van der Waals surface area contributed by atoms with Gasteiger partial charge in [-0.2, -0.15) is 0 Å². The molecule has 0 bridgehead atoms. The lowest BCUT2D eigenvalue weighted by Crippen LogP contribution is -2.09. The summed E-state index contributed by atoms with van der Waals surface area (Å²) in [5, 5.41) is 4.09. The lowest BCUT2D eigenvalue weighted by atomic mass is 9.84. The summed E-state index contributed by atoms with van der Waals surface area (Å²) in [5.74, 6) is 1.86. The van der Waals surface area contributed by atoms with Crippen LogP contribution in [0.1, 0.15) is 118 Å². The number of Topliss-reactive ketones (excluding diaryl/α,β-unsaturated/α-hetero) is 1. The van der Waals surface area contributed by atoms with Gasteiger partial charge >= 0.3 is 0 Å². The summed E-state index contributed by atoms with van der Waals surface area (Å²) in [7, 11) is 0. The first kappa shape index (κ1) is 26.9. The Bertz CT molecular complexity index is 1480. The summed E-state index contributed by atoms with van der Waals surface area (Å²) < 4.78 is 5.43. The van der Waals surface area contributed by atoms with Crippen molar-refractivity contribution in [3.8, 4) is 0 Å². The second-order valence-corrected chi connectivity index (χ2v) is 13.6. The van der Waals surface area contributed by atoms with Crippen LogP contribution in [0.3, 0.4) is 0 Å². The Balaban J connectivity index is 1.08. The number of fused-ring (bicyclic) bond motifs is 3. The average Bonchev–Trinajstić information content (AvgIpc) is 3.22. The molecule has 2 heterocycles. The largest absolute Gasteiger partial charge is 0.361 e. The van der Waals surface area contributed by atoms with Gasteiger partial charge in [0.1, 0.15) is 11.5 Å². The van der Waals surface area contributed by atoms with Gasteiger partial charge < -0.3 is 4.52 Å². The van der Waals surface area contributed by atoms with E-state index in [1.807, 2.05) is 6.07 Å². The molecule has 4 heteroatoms. The molecule has 4 nitrogen and oxygen atoms in total. The van der Waals surface area contributed by atoms with E-state index in [2.05, 4.69) is 88.3 Å². The number of benzene rings is 2. The molecule has 2 aliphatic carbocycles. The van der Waals surface area contributed by atoms with E-state index in [0.29, 0.717) is 35.8 Å². The van der Waals surface area contributed by atoms with E-state index in [4.69, 9.17) is 9.52 Å². The number of carbonyl (C=O) groups is 1. The lowest BCUT2D eigenvalue weighted by molar-refractivity contribution is -0.117. The van der Waals surface area contributed by atoms with Gasteiger partial charge in [-0.15, -0.1) is 0 Å². The molecule has 3 aliphatic rings. The molecule has 0 N–H and O–H groups in total. The fourth-order valence-corrected chi connectivity index (χ4v) is 6.74. The second kappa shape index (κ2) is 10.3. The smallest absolute Gasteiger partial charge is 0.143 e. The molecule has 2 atom stereocenters. The number of allylic oxidation sites excluding steroid dienone is 1. The third-order valence-electron chi connectivity index (χ3n) is 9.19. The van der Waals surface area contributed by atoms with Crippen LogP contribution in [0.15, 0.2) is 64.1 Å². The van der Waals surface area contributed by atoms with Crippen LogP contribution in [0.2, 0.25) is 0 Å². The Hall–Kier alpha value is -3.27. The van der Waals surface area contributed by atoms with Crippen LogP contribution >= 0.6 is 0 Å². The Morgan fingerprint density at radius 1 is 1.07 bits per heavy atom. The monoisotopic (exact) mass is 534 g/mol. The van der Waals surface area contributed by atoms with Gasteiger partial charge in [-0.3, -0.25) is 9.79 Å². The molecule has 0 spiro atoms. The number of aromatic nitrogens is 1. The Labute approximate surface area is 239 Å². The number of hydrogen-bond acceptors (Lipinski definition) is 4. The molecule has 0 amide bonds. The highest BCUT2D eigenvalue weighted by Crippen LogP contribution is 2.55. The quantitative estimate of drug-likeness (QED) is 0.262. The van der Waals surface area contributed by atoms with E-state index in [1.54, 1.807) is 0 Å². The van der Waals surface area contributed by atoms with E-state index in [9.17, 15) is 4.79 Å². The molecule has 1 saturated carbocycles. The molecule has 0 saturated heterocycles. The summed E-state index contributed by atoms with van der Waals surface area (Å²) in [6.45, 7) is 11.0. The van der Waals surface area contributed by atoms with Crippen molar-refractivity contribution in [2.45, 2.75) is 103 Å². The second-order valence-electron chi connectivity index (χ2n) is 13.6. The highest BCUT2D eigenvalue weighted by atomic mass is 16.5. The number of hydrogen-bond donors (Lipinski definition) is 0. The van der Waals surface area contributed by atoms with Crippen molar-refractivity contribution in [2.24, 2.45) is 10.4 Å². The molecule has 208 valence electrons. The molecular formula is C36H42N2O2. The van der Waals surface area contributed by atoms with Gasteiger partial charge in [0.15, 0.2) is 0 Å². The van der Waals surface area contributed by atoms with Crippen LogP contribution in [-0.2, 0) is 29.5 Å². The lowest BCUT2D eigenvalue weighted by Gasteiger charge is -2.21. The van der Waals surface area contributed by atoms with Crippen molar-refractivity contribution in [1.29, 1.82) is 0 Å². The zero-order valence-electron chi connectivity index (χ0n) is 24.7. The van der Waals surface area contributed by atoms with Gasteiger partial charge in [0.2, 0.25) is 0 Å². The maximum Gasteiger partial charge on any atom is 0.143 e. The van der Waals surface area contributed by atoms with Crippen molar-refractivity contribution in [3.05, 3.63) is 93.9 Å². The number of nitrogens with zero attached hydrogens (tertiary/aromatic N) is 2.